The van der Waals surface area contributed by atoms with Crippen molar-refractivity contribution in [2.75, 3.05) is 43.1 Å². The Morgan fingerprint density at radius 2 is 1.92 bits per heavy atom. The molecule has 1 atom stereocenters. The second-order valence-corrected chi connectivity index (χ2v) is 12.3. The van der Waals surface area contributed by atoms with Crippen molar-refractivity contribution in [1.82, 2.24) is 34.0 Å². The summed E-state index contributed by atoms with van der Waals surface area (Å²) in [5, 5.41) is 17.3. The molecule has 0 radical (unpaired) electrons. The van der Waals surface area contributed by atoms with Gasteiger partial charge in [0.2, 0.25) is 11.7 Å². The van der Waals surface area contributed by atoms with Crippen LogP contribution in [0, 0.1) is 6.92 Å². The first-order valence-corrected chi connectivity index (χ1v) is 17.2. The van der Waals surface area contributed by atoms with E-state index in [1.165, 1.54) is 6.33 Å². The van der Waals surface area contributed by atoms with E-state index in [-0.39, 0.29) is 71.9 Å². The van der Waals surface area contributed by atoms with Gasteiger partial charge in [-0.05, 0) is 50.5 Å². The number of aromatic hydroxyl groups is 1. The molecular formula is C34H39ClF3N9O5. The number of piperazine rings is 1. The van der Waals surface area contributed by atoms with E-state index in [1.54, 1.807) is 16.4 Å². The molecule has 1 unspecified atom stereocenters. The van der Waals surface area contributed by atoms with Crippen LogP contribution in [-0.2, 0) is 28.7 Å². The fraction of sp³-hybridized carbons (Fsp3) is 0.441. The fourth-order valence-corrected chi connectivity index (χ4v) is 6.37. The number of alkyl halides is 3. The summed E-state index contributed by atoms with van der Waals surface area (Å²) in [5.41, 5.74) is 0.201. The van der Waals surface area contributed by atoms with E-state index in [0.29, 0.717) is 31.2 Å². The molecule has 18 heteroatoms. The molecule has 14 nitrogen and oxygen atoms in total. The molecule has 0 saturated carbocycles. The van der Waals surface area contributed by atoms with Crippen LogP contribution in [-0.4, -0.2) is 89.8 Å². The molecule has 0 aliphatic carbocycles. The van der Waals surface area contributed by atoms with Gasteiger partial charge in [0.05, 0.1) is 40.9 Å². The number of fused-ring (bicyclic) bond motifs is 1. The number of anilines is 2. The normalized spacial score (nSPS) is 16.3. The average Bonchev–Trinajstić information content (AvgIpc) is 3.58. The largest absolute Gasteiger partial charge is 0.504 e. The lowest BCUT2D eigenvalue weighted by atomic mass is 10.1. The van der Waals surface area contributed by atoms with Crippen LogP contribution in [0.25, 0.3) is 11.4 Å². The Balaban J connectivity index is 0.00000257. The van der Waals surface area contributed by atoms with Crippen LogP contribution < -0.4 is 15.8 Å². The van der Waals surface area contributed by atoms with Crippen molar-refractivity contribution < 1.29 is 32.6 Å². The number of hydrogen-bond donors (Lipinski definition) is 2. The van der Waals surface area contributed by atoms with Crippen LogP contribution in [0.2, 0.25) is 5.02 Å². The van der Waals surface area contributed by atoms with Crippen molar-refractivity contribution in [2.24, 2.45) is 0 Å². The lowest BCUT2D eigenvalue weighted by molar-refractivity contribution is -0.137. The smallest absolute Gasteiger partial charge is 0.416 e. The summed E-state index contributed by atoms with van der Waals surface area (Å²) in [6.45, 7) is 10.2. The van der Waals surface area contributed by atoms with E-state index in [2.05, 4.69) is 25.4 Å². The van der Waals surface area contributed by atoms with Crippen LogP contribution in [0.5, 0.6) is 5.75 Å². The van der Waals surface area contributed by atoms with Gasteiger partial charge in [-0.15, -0.1) is 5.10 Å². The Morgan fingerprint density at radius 1 is 1.17 bits per heavy atom. The predicted octanol–water partition coefficient (Wildman–Crippen LogP) is 4.75. The van der Waals surface area contributed by atoms with E-state index < -0.39 is 35.2 Å². The average molecular weight is 746 g/mol. The monoisotopic (exact) mass is 745 g/mol. The van der Waals surface area contributed by atoms with Crippen LogP contribution in [0.4, 0.5) is 24.5 Å². The molecule has 278 valence electrons. The SMILES string of the molecule is CC.CCc1c(N2CCN(C(=O)c3ncnc(C)c3O)C(C)C2)c(=O)n2nc(C3=CCOCC3)nc2n1CC(=O)Nc1ccc(C(F)(F)F)cc1Cl. The van der Waals surface area contributed by atoms with E-state index in [1.807, 2.05) is 38.7 Å². The Morgan fingerprint density at radius 3 is 2.56 bits per heavy atom. The molecule has 1 saturated heterocycles. The highest BCUT2D eigenvalue weighted by Crippen LogP contribution is 2.34. The Kier molecular flexibility index (Phi) is 11.5. The first kappa shape index (κ1) is 38.2. The number of amides is 2. The molecule has 3 aromatic heterocycles. The molecular weight excluding hydrogens is 707 g/mol. The molecule has 1 aromatic carbocycles. The number of hydrogen-bond acceptors (Lipinski definition) is 10. The molecule has 4 aromatic rings. The third-order valence-electron chi connectivity index (χ3n) is 8.70. The first-order chi connectivity index (χ1) is 24.8. The summed E-state index contributed by atoms with van der Waals surface area (Å²) in [4.78, 5) is 57.1. The van der Waals surface area contributed by atoms with Gasteiger partial charge in [-0.1, -0.05) is 38.4 Å². The van der Waals surface area contributed by atoms with Gasteiger partial charge < -0.3 is 29.5 Å². The summed E-state index contributed by atoms with van der Waals surface area (Å²) in [5.74, 6) is -1.01. The fourth-order valence-electron chi connectivity index (χ4n) is 6.14. The standard InChI is InChI=1S/C32H33ClF3N9O5.C2H6/c1-4-23-26(42-9-10-43(17(2)14-42)29(48)25-27(47)18(3)37-16-38-25)30(49)45-31(40-28(41-45)19-7-11-50-12-8-19)44(23)15-24(46)39-22-6-5-20(13-21(22)33)32(34,35)36;1-2/h5-7,13,16-17,47H,4,8-12,14-15H2,1-3H3,(H,39,46);1-2H3. The van der Waals surface area contributed by atoms with Crippen LogP contribution in [0.15, 0.2) is 35.4 Å². The number of aryl methyl sites for hydroxylation is 1. The summed E-state index contributed by atoms with van der Waals surface area (Å²) in [7, 11) is 0. The molecule has 0 bridgehead atoms. The Hall–Kier alpha value is -5.03. The van der Waals surface area contributed by atoms with E-state index in [4.69, 9.17) is 16.3 Å². The van der Waals surface area contributed by atoms with Gasteiger partial charge in [0.15, 0.2) is 17.3 Å². The van der Waals surface area contributed by atoms with Gasteiger partial charge >= 0.3 is 6.18 Å². The van der Waals surface area contributed by atoms with Crippen LogP contribution in [0.1, 0.15) is 67.4 Å². The molecule has 2 aliphatic heterocycles. The molecule has 1 fully saturated rings. The zero-order valence-corrected chi connectivity index (χ0v) is 30.0. The lowest BCUT2D eigenvalue weighted by Gasteiger charge is -2.41. The first-order valence-electron chi connectivity index (χ1n) is 16.8. The second kappa shape index (κ2) is 15.7. The maximum absolute atomic E-state index is 14.2. The van der Waals surface area contributed by atoms with Gasteiger partial charge in [0, 0.05) is 25.7 Å². The third-order valence-corrected chi connectivity index (χ3v) is 9.01. The van der Waals surface area contributed by atoms with Crippen molar-refractivity contribution in [3.8, 4) is 5.75 Å². The van der Waals surface area contributed by atoms with Crippen molar-refractivity contribution in [2.45, 2.75) is 66.2 Å². The van der Waals surface area contributed by atoms with Gasteiger partial charge in [0.1, 0.15) is 18.6 Å². The molecule has 52 heavy (non-hydrogen) atoms. The van der Waals surface area contributed by atoms with Crippen molar-refractivity contribution in [1.29, 1.82) is 0 Å². The number of nitrogens with one attached hydrogen (secondary N) is 1. The highest BCUT2D eigenvalue weighted by Gasteiger charge is 2.34. The Labute approximate surface area is 301 Å². The van der Waals surface area contributed by atoms with E-state index in [9.17, 15) is 32.7 Å². The van der Waals surface area contributed by atoms with Crippen LogP contribution >= 0.6 is 11.6 Å². The summed E-state index contributed by atoms with van der Waals surface area (Å²) in [6.07, 6.45) is -0.781. The lowest BCUT2D eigenvalue weighted by Crippen LogP contribution is -2.55. The summed E-state index contributed by atoms with van der Waals surface area (Å²) in [6, 6.07) is 2.20. The Bertz CT molecular complexity index is 2080. The van der Waals surface area contributed by atoms with Crippen LogP contribution in [0.3, 0.4) is 0 Å². The minimum Gasteiger partial charge on any atom is -0.504 e. The topological polar surface area (TPSA) is 160 Å². The zero-order valence-electron chi connectivity index (χ0n) is 29.3. The van der Waals surface area contributed by atoms with Gasteiger partial charge in [-0.25, -0.2) is 9.97 Å². The molecule has 0 spiro atoms. The highest BCUT2D eigenvalue weighted by molar-refractivity contribution is 6.33. The predicted molar refractivity (Wildman–Crippen MR) is 188 cm³/mol. The number of benzene rings is 1. The zero-order chi connectivity index (χ0) is 37.9. The van der Waals surface area contributed by atoms with Gasteiger partial charge in [-0.2, -0.15) is 22.7 Å². The summed E-state index contributed by atoms with van der Waals surface area (Å²) < 4.78 is 47.7. The number of ether oxygens (including phenoxy) is 1. The minimum atomic E-state index is -4.61. The minimum absolute atomic E-state index is 0.0194. The highest BCUT2D eigenvalue weighted by atomic mass is 35.5. The number of rotatable bonds is 7. The maximum Gasteiger partial charge on any atom is 0.416 e. The molecule has 2 aliphatic rings. The van der Waals surface area contributed by atoms with Crippen molar-refractivity contribution in [3.63, 3.8) is 0 Å². The second-order valence-electron chi connectivity index (χ2n) is 11.9. The number of carbonyl (C=O) groups is 2. The molecule has 6 rings (SSSR count). The maximum atomic E-state index is 14.2. The van der Waals surface area contributed by atoms with Crippen molar-refractivity contribution in [3.05, 3.63) is 74.4 Å². The van der Waals surface area contributed by atoms with E-state index in [0.717, 1.165) is 28.3 Å². The van der Waals surface area contributed by atoms with Crippen molar-refractivity contribution >= 4 is 46.1 Å². The van der Waals surface area contributed by atoms with Gasteiger partial charge in [0.25, 0.3) is 11.5 Å². The van der Waals surface area contributed by atoms with Gasteiger partial charge in [-0.3, -0.25) is 14.4 Å². The number of nitrogens with zero attached hydrogens (tertiary/aromatic N) is 8. The number of halogens is 4. The summed E-state index contributed by atoms with van der Waals surface area (Å²) >= 11 is 6.11. The third kappa shape index (κ3) is 7.60. The molecule has 5 heterocycles. The number of aromatic nitrogens is 6. The van der Waals surface area contributed by atoms with E-state index >= 15 is 0 Å². The number of carbonyl (C=O) groups excluding carboxylic acids is 2. The molecule has 2 amide bonds. The molecule has 2 N–H and O–H groups in total. The quantitative estimate of drug-likeness (QED) is 0.270.